The zero-order valence-electron chi connectivity index (χ0n) is 9.38. The summed E-state index contributed by atoms with van der Waals surface area (Å²) in [7, 11) is 1.51. The molecule has 3 heteroatoms. The molecule has 0 aliphatic heterocycles. The van der Waals surface area contributed by atoms with Crippen molar-refractivity contribution in [1.82, 2.24) is 0 Å². The van der Waals surface area contributed by atoms with Crippen LogP contribution < -0.4 is 0 Å². The predicted octanol–water partition coefficient (Wildman–Crippen LogP) is 2.86. The van der Waals surface area contributed by atoms with Gasteiger partial charge in [0.2, 0.25) is 0 Å². The molecular weight excluding hydrogens is 214 g/mol. The van der Waals surface area contributed by atoms with E-state index in [2.05, 4.69) is 6.07 Å². The largest absolute Gasteiger partial charge is 0.362 e. The summed E-state index contributed by atoms with van der Waals surface area (Å²) in [5, 5.41) is 10.9. The van der Waals surface area contributed by atoms with Gasteiger partial charge >= 0.3 is 0 Å². The summed E-state index contributed by atoms with van der Waals surface area (Å²) in [6.45, 7) is 0. The Morgan fingerprint density at radius 1 is 1.24 bits per heavy atom. The van der Waals surface area contributed by atoms with Crippen LogP contribution in [-0.2, 0) is 4.74 Å². The van der Waals surface area contributed by atoms with Crippen LogP contribution in [0.3, 0.4) is 0 Å². The van der Waals surface area contributed by atoms with E-state index in [0.717, 1.165) is 22.6 Å². The van der Waals surface area contributed by atoms with Gasteiger partial charge in [-0.15, -0.1) is 0 Å². The van der Waals surface area contributed by atoms with Crippen LogP contribution in [0.15, 0.2) is 36.4 Å². The summed E-state index contributed by atoms with van der Waals surface area (Å²) < 4.78 is 5.06. The highest BCUT2D eigenvalue weighted by Gasteiger charge is 2.09. The summed E-state index contributed by atoms with van der Waals surface area (Å²) in [6.07, 6.45) is 0.269. The highest BCUT2D eigenvalue weighted by Crippen LogP contribution is 2.22. The topological polar surface area (TPSA) is 50.1 Å². The summed E-state index contributed by atoms with van der Waals surface area (Å²) in [5.74, 6) is 0. The average Bonchev–Trinajstić information content (AvgIpc) is 2.39. The third-order valence-corrected chi connectivity index (χ3v) is 2.68. The van der Waals surface area contributed by atoms with Crippen molar-refractivity contribution in [2.24, 2.45) is 0 Å². The number of rotatable bonds is 3. The Hall–Kier alpha value is -2.18. The minimum absolute atomic E-state index is 0.551. The van der Waals surface area contributed by atoms with Crippen LogP contribution in [0.1, 0.15) is 22.0 Å². The van der Waals surface area contributed by atoms with Gasteiger partial charge < -0.3 is 4.74 Å². The van der Waals surface area contributed by atoms with E-state index in [9.17, 15) is 4.79 Å². The van der Waals surface area contributed by atoms with Crippen LogP contribution >= 0.6 is 0 Å². The Balaban J connectivity index is 2.52. The van der Waals surface area contributed by atoms with Gasteiger partial charge in [-0.1, -0.05) is 24.3 Å². The quantitative estimate of drug-likeness (QED) is 0.754. The summed E-state index contributed by atoms with van der Waals surface area (Å²) in [6, 6.07) is 13.2. The van der Waals surface area contributed by atoms with Crippen LogP contribution in [0.5, 0.6) is 0 Å². The minimum atomic E-state index is -0.551. The molecule has 0 saturated carbocycles. The zero-order chi connectivity index (χ0) is 12.3. The van der Waals surface area contributed by atoms with Gasteiger partial charge in [0, 0.05) is 12.7 Å². The van der Waals surface area contributed by atoms with Gasteiger partial charge in [0.15, 0.2) is 6.10 Å². The third kappa shape index (κ3) is 2.17. The van der Waals surface area contributed by atoms with Crippen LogP contribution in [0.2, 0.25) is 0 Å². The number of benzene rings is 2. The Bertz CT molecular complexity index is 599. The lowest BCUT2D eigenvalue weighted by atomic mass is 10.0. The molecule has 2 rings (SSSR count). The zero-order valence-corrected chi connectivity index (χ0v) is 9.38. The number of hydrogen-bond acceptors (Lipinski definition) is 3. The fourth-order valence-electron chi connectivity index (χ4n) is 1.78. The smallest absolute Gasteiger partial charge is 0.168 e. The SMILES string of the molecule is COC(C#N)c1ccc2cc(C=O)ccc2c1. The van der Waals surface area contributed by atoms with E-state index >= 15 is 0 Å². The van der Waals surface area contributed by atoms with Crippen LogP contribution in [-0.4, -0.2) is 13.4 Å². The number of carbonyl (C=O) groups excluding carboxylic acids is 1. The number of nitrogens with zero attached hydrogens (tertiary/aromatic N) is 1. The van der Waals surface area contributed by atoms with Gasteiger partial charge in [0.1, 0.15) is 6.29 Å². The molecule has 0 radical (unpaired) electrons. The number of fused-ring (bicyclic) bond motifs is 1. The summed E-state index contributed by atoms with van der Waals surface area (Å²) in [4.78, 5) is 10.7. The van der Waals surface area contributed by atoms with Crippen LogP contribution in [0.25, 0.3) is 10.8 Å². The van der Waals surface area contributed by atoms with E-state index < -0.39 is 6.10 Å². The second kappa shape index (κ2) is 4.77. The van der Waals surface area contributed by atoms with Gasteiger partial charge in [-0.2, -0.15) is 5.26 Å². The molecule has 0 heterocycles. The second-order valence-corrected chi connectivity index (χ2v) is 3.73. The molecule has 2 aromatic carbocycles. The first-order valence-electron chi connectivity index (χ1n) is 5.20. The van der Waals surface area contributed by atoms with E-state index in [1.807, 2.05) is 30.3 Å². The molecule has 0 amide bonds. The maximum Gasteiger partial charge on any atom is 0.168 e. The molecule has 0 fully saturated rings. The maximum absolute atomic E-state index is 10.7. The van der Waals surface area contributed by atoms with E-state index in [4.69, 9.17) is 10.00 Å². The molecule has 0 aliphatic rings. The van der Waals surface area contributed by atoms with Gasteiger partial charge in [-0.05, 0) is 28.5 Å². The standard InChI is InChI=1S/C14H11NO2/c1-17-14(8-15)13-5-4-11-6-10(9-16)2-3-12(11)7-13/h2-7,9,14H,1H3. The molecule has 2 aromatic rings. The van der Waals surface area contributed by atoms with Gasteiger partial charge in [0.25, 0.3) is 0 Å². The van der Waals surface area contributed by atoms with Crippen LogP contribution in [0, 0.1) is 11.3 Å². The first kappa shape index (κ1) is 11.3. The molecule has 0 aliphatic carbocycles. The van der Waals surface area contributed by atoms with Crippen molar-refractivity contribution in [3.63, 3.8) is 0 Å². The average molecular weight is 225 g/mol. The number of hydrogen-bond donors (Lipinski definition) is 0. The second-order valence-electron chi connectivity index (χ2n) is 3.73. The summed E-state index contributed by atoms with van der Waals surface area (Å²) in [5.41, 5.74) is 1.47. The monoisotopic (exact) mass is 225 g/mol. The Labute approximate surface area is 99.2 Å². The third-order valence-electron chi connectivity index (χ3n) is 2.68. The van der Waals surface area contributed by atoms with Gasteiger partial charge in [-0.3, -0.25) is 4.79 Å². The molecule has 0 N–H and O–H groups in total. The molecule has 1 unspecified atom stereocenters. The minimum Gasteiger partial charge on any atom is -0.362 e. The fraction of sp³-hybridized carbons (Fsp3) is 0.143. The lowest BCUT2D eigenvalue weighted by Crippen LogP contribution is -1.97. The van der Waals surface area contributed by atoms with Crippen molar-refractivity contribution in [1.29, 1.82) is 5.26 Å². The van der Waals surface area contributed by atoms with Crippen molar-refractivity contribution in [2.45, 2.75) is 6.10 Å². The molecule has 0 spiro atoms. The fourth-order valence-corrected chi connectivity index (χ4v) is 1.78. The lowest BCUT2D eigenvalue weighted by molar-refractivity contribution is 0.112. The molecular formula is C14H11NO2. The highest BCUT2D eigenvalue weighted by atomic mass is 16.5. The molecule has 1 atom stereocenters. The van der Waals surface area contributed by atoms with E-state index in [-0.39, 0.29) is 0 Å². The highest BCUT2D eigenvalue weighted by molar-refractivity contribution is 5.89. The number of methoxy groups -OCH3 is 1. The molecule has 0 aromatic heterocycles. The van der Waals surface area contributed by atoms with Crippen molar-refractivity contribution in [2.75, 3.05) is 7.11 Å². The van der Waals surface area contributed by atoms with E-state index in [1.165, 1.54) is 7.11 Å². The van der Waals surface area contributed by atoms with Crippen molar-refractivity contribution >= 4 is 17.1 Å². The number of aldehydes is 1. The Morgan fingerprint density at radius 2 is 1.94 bits per heavy atom. The lowest BCUT2D eigenvalue weighted by Gasteiger charge is -2.08. The first-order valence-corrected chi connectivity index (χ1v) is 5.20. The molecule has 0 saturated heterocycles. The van der Waals surface area contributed by atoms with E-state index in [1.54, 1.807) is 6.07 Å². The Kier molecular flexibility index (Phi) is 3.17. The maximum atomic E-state index is 10.7. The predicted molar refractivity (Wildman–Crippen MR) is 64.7 cm³/mol. The van der Waals surface area contributed by atoms with E-state index in [0.29, 0.717) is 5.56 Å². The normalized spacial score (nSPS) is 12.0. The molecule has 3 nitrogen and oxygen atoms in total. The molecule has 84 valence electrons. The molecule has 0 bridgehead atoms. The number of ether oxygens (including phenoxy) is 1. The van der Waals surface area contributed by atoms with Gasteiger partial charge in [-0.25, -0.2) is 0 Å². The van der Waals surface area contributed by atoms with Crippen molar-refractivity contribution < 1.29 is 9.53 Å². The number of carbonyl (C=O) groups is 1. The summed E-state index contributed by atoms with van der Waals surface area (Å²) >= 11 is 0. The van der Waals surface area contributed by atoms with Crippen molar-refractivity contribution in [3.8, 4) is 6.07 Å². The Morgan fingerprint density at radius 3 is 2.59 bits per heavy atom. The van der Waals surface area contributed by atoms with Gasteiger partial charge in [0.05, 0.1) is 6.07 Å². The van der Waals surface area contributed by atoms with Crippen LogP contribution in [0.4, 0.5) is 0 Å². The molecule has 17 heavy (non-hydrogen) atoms. The first-order chi connectivity index (χ1) is 8.28. The number of nitriles is 1. The van der Waals surface area contributed by atoms with Crippen molar-refractivity contribution in [3.05, 3.63) is 47.5 Å².